The van der Waals surface area contributed by atoms with Crippen molar-refractivity contribution < 1.29 is 31.0 Å². The van der Waals surface area contributed by atoms with Gasteiger partial charge in [-0.05, 0) is 11.5 Å². The van der Waals surface area contributed by atoms with Crippen molar-refractivity contribution in [3.63, 3.8) is 0 Å². The monoisotopic (exact) mass is 174 g/mol. The number of nitrogens with one attached hydrogen (secondary N) is 2. The third kappa shape index (κ3) is 2.08. The predicted molar refractivity (Wildman–Crippen MR) is 35.8 cm³/mol. The van der Waals surface area contributed by atoms with E-state index in [4.69, 9.17) is 24.4 Å². The molecular formula is C2H3N2NaS3. The summed E-state index contributed by atoms with van der Waals surface area (Å²) >= 11 is 10.8. The minimum atomic E-state index is 0. The standard InChI is InChI=1S/C2H2N2S3.Na.H/c5-1-2(6)7-4-3-1;;/h4H,(H,3,5);;/q;+1;-1. The minimum absolute atomic E-state index is 0. The molecule has 0 radical (unpaired) electrons. The van der Waals surface area contributed by atoms with Gasteiger partial charge in [0.1, 0.15) is 8.46 Å². The molecule has 0 aliphatic carbocycles. The molecule has 1 heterocycles. The molecule has 0 aliphatic heterocycles. The number of H-pyrrole nitrogens is 2. The molecule has 0 bridgehead atoms. The molecule has 1 aromatic rings. The molecule has 2 nitrogen and oxygen atoms in total. The molecule has 6 heteroatoms. The van der Waals surface area contributed by atoms with E-state index >= 15 is 0 Å². The van der Waals surface area contributed by atoms with Gasteiger partial charge >= 0.3 is 29.6 Å². The van der Waals surface area contributed by atoms with Crippen LogP contribution in [0.4, 0.5) is 0 Å². The molecule has 1 rings (SSSR count). The van der Waals surface area contributed by atoms with Gasteiger partial charge in [-0.15, -0.1) is 0 Å². The molecule has 0 atom stereocenters. The van der Waals surface area contributed by atoms with E-state index in [1.54, 1.807) is 0 Å². The van der Waals surface area contributed by atoms with Crippen LogP contribution < -0.4 is 29.6 Å². The van der Waals surface area contributed by atoms with E-state index in [0.717, 1.165) is 3.82 Å². The summed E-state index contributed by atoms with van der Waals surface area (Å²) in [5, 5.41) is 2.67. The van der Waals surface area contributed by atoms with Gasteiger partial charge in [0.25, 0.3) is 0 Å². The number of hydrogen-bond acceptors (Lipinski definition) is 3. The van der Waals surface area contributed by atoms with E-state index in [9.17, 15) is 0 Å². The van der Waals surface area contributed by atoms with Crippen molar-refractivity contribution in [3.8, 4) is 0 Å². The molecule has 0 spiro atoms. The predicted octanol–water partition coefficient (Wildman–Crippen LogP) is -1.02. The maximum atomic E-state index is 4.74. The maximum absolute atomic E-state index is 4.74. The van der Waals surface area contributed by atoms with E-state index in [1.807, 2.05) is 0 Å². The largest absolute Gasteiger partial charge is 1.00 e. The Kier molecular flexibility index (Phi) is 4.41. The molecular weight excluding hydrogens is 171 g/mol. The number of hydrogen-bond donors (Lipinski definition) is 2. The van der Waals surface area contributed by atoms with Gasteiger partial charge in [-0.1, -0.05) is 24.4 Å². The van der Waals surface area contributed by atoms with Crippen LogP contribution in [0.2, 0.25) is 0 Å². The van der Waals surface area contributed by atoms with Gasteiger partial charge in [0.05, 0.1) is 0 Å². The first-order valence-corrected chi connectivity index (χ1v) is 3.20. The van der Waals surface area contributed by atoms with Crippen LogP contribution in [0.5, 0.6) is 0 Å². The fourth-order valence-corrected chi connectivity index (χ4v) is 1.02. The quantitative estimate of drug-likeness (QED) is 0.390. The van der Waals surface area contributed by atoms with Crippen LogP contribution >= 0.6 is 36.0 Å². The zero-order valence-electron chi connectivity index (χ0n) is 5.22. The molecule has 40 valence electrons. The Balaban J connectivity index is 0. The zero-order chi connectivity index (χ0) is 5.28. The molecule has 0 unspecified atom stereocenters. The van der Waals surface area contributed by atoms with Crippen molar-refractivity contribution in [2.24, 2.45) is 0 Å². The minimum Gasteiger partial charge on any atom is -1.00 e. The van der Waals surface area contributed by atoms with Crippen LogP contribution in [0.3, 0.4) is 0 Å². The van der Waals surface area contributed by atoms with Gasteiger partial charge in [-0.2, -0.15) is 0 Å². The summed E-state index contributed by atoms with van der Waals surface area (Å²) in [5.74, 6) is 0. The average molecular weight is 174 g/mol. The van der Waals surface area contributed by atoms with Crippen LogP contribution in [0.15, 0.2) is 0 Å². The third-order valence-electron chi connectivity index (χ3n) is 0.494. The first-order valence-electron chi connectivity index (χ1n) is 1.57. The van der Waals surface area contributed by atoms with Crippen molar-refractivity contribution in [1.29, 1.82) is 0 Å². The summed E-state index contributed by atoms with van der Waals surface area (Å²) < 4.78 is 4.05. The summed E-state index contributed by atoms with van der Waals surface area (Å²) in [5.41, 5.74) is 0. The van der Waals surface area contributed by atoms with Crippen molar-refractivity contribution in [2.45, 2.75) is 0 Å². The van der Waals surface area contributed by atoms with Crippen LogP contribution in [0.25, 0.3) is 0 Å². The Morgan fingerprint density at radius 2 is 2.12 bits per heavy atom. The van der Waals surface area contributed by atoms with Gasteiger partial charge in [0.15, 0.2) is 0 Å². The van der Waals surface area contributed by atoms with Gasteiger partial charge < -0.3 is 1.43 Å². The van der Waals surface area contributed by atoms with Crippen molar-refractivity contribution in [2.75, 3.05) is 0 Å². The average Bonchev–Trinajstić information content (AvgIpc) is 1.91. The Morgan fingerprint density at radius 1 is 1.50 bits per heavy atom. The normalized spacial score (nSPS) is 8.00. The first-order chi connectivity index (χ1) is 3.30. The summed E-state index contributed by atoms with van der Waals surface area (Å²) in [7, 11) is 0. The topological polar surface area (TPSA) is 31.6 Å². The van der Waals surface area contributed by atoms with E-state index in [-0.39, 0.29) is 31.0 Å². The van der Waals surface area contributed by atoms with E-state index in [1.165, 1.54) is 11.5 Å². The SMILES string of the molecule is S=c1[nH][nH]sc1=S.[H-].[Na+]. The van der Waals surface area contributed by atoms with Crippen LogP contribution in [-0.4, -0.2) is 9.59 Å². The van der Waals surface area contributed by atoms with Gasteiger partial charge in [-0.25, -0.2) is 0 Å². The maximum Gasteiger partial charge on any atom is 1.00 e. The molecule has 0 amide bonds. The van der Waals surface area contributed by atoms with Gasteiger partial charge in [-0.3, -0.25) is 9.59 Å². The van der Waals surface area contributed by atoms with Crippen molar-refractivity contribution >= 4 is 36.0 Å². The number of aromatic amines is 2. The number of rotatable bonds is 0. The second-order valence-electron chi connectivity index (χ2n) is 0.946. The van der Waals surface area contributed by atoms with Crippen LogP contribution in [0, 0.1) is 8.46 Å². The molecule has 0 fully saturated rings. The number of aromatic nitrogens is 2. The molecule has 0 saturated heterocycles. The molecule has 0 aliphatic rings. The molecule has 8 heavy (non-hydrogen) atoms. The molecule has 1 aromatic heterocycles. The Morgan fingerprint density at radius 3 is 2.25 bits per heavy atom. The fraction of sp³-hybridized carbons (Fsp3) is 0. The van der Waals surface area contributed by atoms with Crippen LogP contribution in [0.1, 0.15) is 1.43 Å². The molecule has 0 aromatic carbocycles. The summed E-state index contributed by atoms with van der Waals surface area (Å²) in [6, 6.07) is 0. The van der Waals surface area contributed by atoms with Gasteiger partial charge in [0, 0.05) is 0 Å². The summed E-state index contributed by atoms with van der Waals surface area (Å²) in [4.78, 5) is 0. The van der Waals surface area contributed by atoms with E-state index in [2.05, 4.69) is 9.59 Å². The third-order valence-corrected chi connectivity index (χ3v) is 2.11. The first kappa shape index (κ1) is 9.00. The molecule has 0 saturated carbocycles. The Hall–Kier alpha value is 1.00. The second-order valence-corrected chi connectivity index (χ2v) is 2.84. The zero-order valence-corrected chi connectivity index (χ0v) is 8.67. The van der Waals surface area contributed by atoms with E-state index in [0.29, 0.717) is 4.64 Å². The van der Waals surface area contributed by atoms with Crippen molar-refractivity contribution in [3.05, 3.63) is 8.46 Å². The van der Waals surface area contributed by atoms with Crippen molar-refractivity contribution in [1.82, 2.24) is 9.59 Å². The Labute approximate surface area is 84.2 Å². The van der Waals surface area contributed by atoms with Gasteiger partial charge in [0.2, 0.25) is 0 Å². The summed E-state index contributed by atoms with van der Waals surface area (Å²) in [6.07, 6.45) is 0. The molecule has 2 N–H and O–H groups in total. The van der Waals surface area contributed by atoms with Crippen LogP contribution in [-0.2, 0) is 0 Å². The summed E-state index contributed by atoms with van der Waals surface area (Å²) in [6.45, 7) is 0. The second kappa shape index (κ2) is 3.92. The van der Waals surface area contributed by atoms with E-state index < -0.39 is 0 Å². The Bertz CT molecular complexity index is 224. The smallest absolute Gasteiger partial charge is 1.00 e. The fourth-order valence-electron chi connectivity index (χ4n) is 0.216.